The molecular formula is C20H25N3O3S. The molecule has 0 saturated heterocycles. The Morgan fingerprint density at radius 1 is 1.30 bits per heavy atom. The van der Waals surface area contributed by atoms with Gasteiger partial charge in [0.05, 0.1) is 6.61 Å². The van der Waals surface area contributed by atoms with E-state index >= 15 is 0 Å². The number of rotatable bonds is 10. The number of carboxylic acid groups (broad SMARTS) is 1. The summed E-state index contributed by atoms with van der Waals surface area (Å²) in [5.74, 6) is 0.374. The molecule has 27 heavy (non-hydrogen) atoms. The molecule has 2 aromatic carbocycles. The average molecular weight is 388 g/mol. The summed E-state index contributed by atoms with van der Waals surface area (Å²) in [5, 5.41) is 20.3. The third-order valence-corrected chi connectivity index (χ3v) is 4.67. The topological polar surface area (TPSA) is 108 Å². The highest BCUT2D eigenvalue weighted by Crippen LogP contribution is 2.30. The number of hydrogen-bond acceptors (Lipinski definition) is 5. The predicted molar refractivity (Wildman–Crippen MR) is 111 cm³/mol. The van der Waals surface area contributed by atoms with E-state index in [4.69, 9.17) is 15.9 Å². The predicted octanol–water partition coefficient (Wildman–Crippen LogP) is 3.51. The Hall–Kier alpha value is -2.67. The van der Waals surface area contributed by atoms with Crippen LogP contribution in [0.25, 0.3) is 0 Å². The van der Waals surface area contributed by atoms with Crippen LogP contribution in [-0.2, 0) is 11.2 Å². The highest BCUT2D eigenvalue weighted by Gasteiger charge is 2.24. The maximum absolute atomic E-state index is 12.0. The van der Waals surface area contributed by atoms with Gasteiger partial charge in [-0.05, 0) is 54.6 Å². The molecule has 6 nitrogen and oxygen atoms in total. The molecule has 5 N–H and O–H groups in total. The number of carbonyl (C=O) groups is 1. The fraction of sp³-hybridized carbons (Fsp3) is 0.300. The molecule has 0 amide bonds. The Balaban J connectivity index is 2.33. The third-order valence-electron chi connectivity index (χ3n) is 4.09. The number of amidine groups is 1. The first-order valence-electron chi connectivity index (χ1n) is 8.64. The van der Waals surface area contributed by atoms with Crippen molar-refractivity contribution in [2.24, 2.45) is 5.73 Å². The lowest BCUT2D eigenvalue weighted by Gasteiger charge is -2.20. The van der Waals surface area contributed by atoms with E-state index < -0.39 is 12.0 Å². The first kappa shape index (κ1) is 20.6. The summed E-state index contributed by atoms with van der Waals surface area (Å²) >= 11 is 1.67. The number of aliphatic carboxylic acids is 1. The van der Waals surface area contributed by atoms with E-state index in [-0.39, 0.29) is 5.84 Å². The number of nitrogens with one attached hydrogen (secondary N) is 2. The van der Waals surface area contributed by atoms with Crippen LogP contribution in [0.2, 0.25) is 0 Å². The molecule has 0 spiro atoms. The number of aryl methyl sites for hydroxylation is 1. The van der Waals surface area contributed by atoms with Crippen molar-refractivity contribution in [2.45, 2.75) is 19.4 Å². The molecule has 0 aromatic heterocycles. The third kappa shape index (κ3) is 5.65. The van der Waals surface area contributed by atoms with Crippen molar-refractivity contribution in [2.75, 3.05) is 23.9 Å². The molecule has 0 fully saturated rings. The SMILES string of the molecule is CCc1ccc(OCCSC)c(C(Nc2ccc(C(=N)N)cc2)C(=O)O)c1. The molecule has 2 rings (SSSR count). The Labute approximate surface area is 163 Å². The Bertz CT molecular complexity index is 794. The fourth-order valence-electron chi connectivity index (χ4n) is 2.60. The first-order valence-corrected chi connectivity index (χ1v) is 10.0. The highest BCUT2D eigenvalue weighted by atomic mass is 32.2. The number of anilines is 1. The highest BCUT2D eigenvalue weighted by molar-refractivity contribution is 7.98. The molecule has 0 aliphatic carbocycles. The van der Waals surface area contributed by atoms with E-state index in [2.05, 4.69) is 5.32 Å². The van der Waals surface area contributed by atoms with Crippen LogP contribution in [0, 0.1) is 5.41 Å². The summed E-state index contributed by atoms with van der Waals surface area (Å²) in [6.07, 6.45) is 2.80. The molecular weight excluding hydrogens is 362 g/mol. The molecule has 0 bridgehead atoms. The number of nitrogens with two attached hydrogens (primary N) is 1. The lowest BCUT2D eigenvalue weighted by Crippen LogP contribution is -2.22. The van der Waals surface area contributed by atoms with Gasteiger partial charge >= 0.3 is 5.97 Å². The Morgan fingerprint density at radius 2 is 2.00 bits per heavy atom. The van der Waals surface area contributed by atoms with Gasteiger partial charge in [-0.2, -0.15) is 11.8 Å². The largest absolute Gasteiger partial charge is 0.492 e. The zero-order valence-corrected chi connectivity index (χ0v) is 16.3. The van der Waals surface area contributed by atoms with Gasteiger partial charge in [0.2, 0.25) is 0 Å². The number of thioether (sulfide) groups is 1. The molecule has 0 saturated carbocycles. The first-order chi connectivity index (χ1) is 13.0. The van der Waals surface area contributed by atoms with Crippen LogP contribution in [-0.4, -0.2) is 35.5 Å². The van der Waals surface area contributed by atoms with Crippen molar-refractivity contribution in [1.29, 1.82) is 5.41 Å². The lowest BCUT2D eigenvalue weighted by atomic mass is 10.0. The number of benzene rings is 2. The summed E-state index contributed by atoms with van der Waals surface area (Å²) in [6, 6.07) is 11.5. The number of ether oxygens (including phenoxy) is 1. The minimum Gasteiger partial charge on any atom is -0.492 e. The van der Waals surface area contributed by atoms with E-state index in [1.165, 1.54) is 0 Å². The molecule has 0 radical (unpaired) electrons. The maximum Gasteiger partial charge on any atom is 0.330 e. The van der Waals surface area contributed by atoms with E-state index in [1.54, 1.807) is 36.0 Å². The standard InChI is InChI=1S/C20H25N3O3S/c1-3-13-4-9-17(26-10-11-27-2)16(12-13)18(20(24)25)23-15-7-5-14(6-8-15)19(21)22/h4-9,12,18,23H,3,10-11H2,1-2H3,(H3,21,22)(H,24,25). The summed E-state index contributed by atoms with van der Waals surface area (Å²) in [6.45, 7) is 2.54. The van der Waals surface area contributed by atoms with Gasteiger partial charge in [0.15, 0.2) is 6.04 Å². The van der Waals surface area contributed by atoms with Gasteiger partial charge in [0.1, 0.15) is 11.6 Å². The second kappa shape index (κ2) is 9.87. The van der Waals surface area contributed by atoms with E-state index in [1.807, 2.05) is 31.4 Å². The number of hydrogen-bond donors (Lipinski definition) is 4. The second-order valence-corrected chi connectivity index (χ2v) is 6.96. The summed E-state index contributed by atoms with van der Waals surface area (Å²) in [5.41, 5.74) is 8.32. The number of nitrogen functional groups attached to an aromatic ring is 1. The second-order valence-electron chi connectivity index (χ2n) is 5.97. The molecule has 144 valence electrons. The van der Waals surface area contributed by atoms with Crippen LogP contribution in [0.4, 0.5) is 5.69 Å². The minimum atomic E-state index is -0.992. The quantitative estimate of drug-likeness (QED) is 0.282. The van der Waals surface area contributed by atoms with Gasteiger partial charge in [0, 0.05) is 22.6 Å². The van der Waals surface area contributed by atoms with Crippen molar-refractivity contribution in [3.8, 4) is 5.75 Å². The van der Waals surface area contributed by atoms with Crippen molar-refractivity contribution in [3.05, 3.63) is 59.2 Å². The van der Waals surface area contributed by atoms with Gasteiger partial charge in [-0.1, -0.05) is 13.0 Å². The Morgan fingerprint density at radius 3 is 2.56 bits per heavy atom. The molecule has 2 aromatic rings. The van der Waals surface area contributed by atoms with Crippen LogP contribution in [0.5, 0.6) is 5.75 Å². The molecule has 7 heteroatoms. The van der Waals surface area contributed by atoms with Crippen molar-refractivity contribution in [1.82, 2.24) is 0 Å². The van der Waals surface area contributed by atoms with Crippen LogP contribution in [0.3, 0.4) is 0 Å². The smallest absolute Gasteiger partial charge is 0.330 e. The Kier molecular flexibility index (Phi) is 7.55. The summed E-state index contributed by atoms with van der Waals surface area (Å²) < 4.78 is 5.83. The molecule has 0 heterocycles. The number of carboxylic acids is 1. The zero-order chi connectivity index (χ0) is 19.8. The minimum absolute atomic E-state index is 0.0311. The average Bonchev–Trinajstić information content (AvgIpc) is 2.66. The van der Waals surface area contributed by atoms with E-state index in [0.717, 1.165) is 17.7 Å². The van der Waals surface area contributed by atoms with Gasteiger partial charge < -0.3 is 20.9 Å². The van der Waals surface area contributed by atoms with Gasteiger partial charge in [-0.15, -0.1) is 0 Å². The normalized spacial score (nSPS) is 11.6. The van der Waals surface area contributed by atoms with Crippen molar-refractivity contribution < 1.29 is 14.6 Å². The maximum atomic E-state index is 12.0. The monoisotopic (exact) mass is 387 g/mol. The van der Waals surface area contributed by atoms with Gasteiger partial charge in [-0.25, -0.2) is 4.79 Å². The zero-order valence-electron chi connectivity index (χ0n) is 15.5. The van der Waals surface area contributed by atoms with Crippen LogP contribution in [0.1, 0.15) is 29.7 Å². The van der Waals surface area contributed by atoms with Crippen molar-refractivity contribution in [3.63, 3.8) is 0 Å². The fourth-order valence-corrected chi connectivity index (χ4v) is 2.85. The molecule has 1 atom stereocenters. The van der Waals surface area contributed by atoms with E-state index in [9.17, 15) is 9.90 Å². The van der Waals surface area contributed by atoms with Gasteiger partial charge in [-0.3, -0.25) is 5.41 Å². The molecule has 0 aliphatic heterocycles. The van der Waals surface area contributed by atoms with Gasteiger partial charge in [0.25, 0.3) is 0 Å². The summed E-state index contributed by atoms with van der Waals surface area (Å²) in [7, 11) is 0. The van der Waals surface area contributed by atoms with E-state index in [0.29, 0.717) is 29.2 Å². The molecule has 0 aliphatic rings. The van der Waals surface area contributed by atoms with Crippen molar-refractivity contribution >= 4 is 29.3 Å². The lowest BCUT2D eigenvalue weighted by molar-refractivity contribution is -0.138. The molecule has 1 unspecified atom stereocenters. The van der Waals surface area contributed by atoms with Crippen LogP contribution >= 0.6 is 11.8 Å². The van der Waals surface area contributed by atoms with Crippen LogP contribution < -0.4 is 15.8 Å². The summed E-state index contributed by atoms with van der Waals surface area (Å²) in [4.78, 5) is 12.0. The van der Waals surface area contributed by atoms with Crippen LogP contribution in [0.15, 0.2) is 42.5 Å².